The van der Waals surface area contributed by atoms with Crippen LogP contribution < -0.4 is 9.47 Å². The molecule has 1 saturated heterocycles. The van der Waals surface area contributed by atoms with Crippen molar-refractivity contribution in [2.45, 2.75) is 45.8 Å². The zero-order valence-corrected chi connectivity index (χ0v) is 18.3. The molecule has 1 aliphatic heterocycles. The van der Waals surface area contributed by atoms with Crippen molar-refractivity contribution in [2.24, 2.45) is 0 Å². The van der Waals surface area contributed by atoms with Crippen LogP contribution >= 0.6 is 0 Å². The molecule has 0 saturated carbocycles. The van der Waals surface area contributed by atoms with Gasteiger partial charge in [-0.05, 0) is 44.5 Å². The molecule has 162 valence electrons. The first kappa shape index (κ1) is 20.9. The average molecular weight is 421 g/mol. The summed E-state index contributed by atoms with van der Waals surface area (Å²) in [5.74, 6) is 2.22. The largest absolute Gasteiger partial charge is 0.493 e. The third kappa shape index (κ3) is 4.71. The molecule has 1 aromatic heterocycles. The lowest BCUT2D eigenvalue weighted by molar-refractivity contribution is -0.128. The number of hydrogen-bond acceptors (Lipinski definition) is 6. The SMILES string of the molecule is COc1cc(-c2noc(C3CC(=O)N(Cc4cccc(C)c4)C3)n2)ccc1OC(C)C. The van der Waals surface area contributed by atoms with E-state index in [1.807, 2.05) is 49.1 Å². The first-order valence-electron chi connectivity index (χ1n) is 10.4. The number of carbonyl (C=O) groups excluding carboxylic acids is 1. The van der Waals surface area contributed by atoms with Crippen LogP contribution in [0.3, 0.4) is 0 Å². The van der Waals surface area contributed by atoms with Gasteiger partial charge in [0.1, 0.15) is 0 Å². The van der Waals surface area contributed by atoms with E-state index >= 15 is 0 Å². The standard InChI is InChI=1S/C24H27N3O4/c1-15(2)30-20-9-8-18(11-21(20)29-4)23-25-24(31-26-23)19-12-22(28)27(14-19)13-17-7-5-6-16(3)10-17/h5-11,15,19H,12-14H2,1-4H3. The molecule has 1 aliphatic rings. The zero-order chi connectivity index (χ0) is 22.0. The van der Waals surface area contributed by atoms with E-state index in [0.717, 1.165) is 11.1 Å². The number of benzene rings is 2. The van der Waals surface area contributed by atoms with E-state index in [4.69, 9.17) is 14.0 Å². The molecule has 3 aromatic rings. The maximum absolute atomic E-state index is 12.5. The summed E-state index contributed by atoms with van der Waals surface area (Å²) in [6.07, 6.45) is 0.414. The molecule has 0 spiro atoms. The zero-order valence-electron chi connectivity index (χ0n) is 18.3. The van der Waals surface area contributed by atoms with Gasteiger partial charge < -0.3 is 18.9 Å². The molecular formula is C24H27N3O4. The predicted octanol–water partition coefficient (Wildman–Crippen LogP) is 4.36. The Labute approximate surface area is 182 Å². The Bertz CT molecular complexity index is 1080. The van der Waals surface area contributed by atoms with Crippen molar-refractivity contribution in [2.75, 3.05) is 13.7 Å². The number of ether oxygens (including phenoxy) is 2. The van der Waals surface area contributed by atoms with Crippen LogP contribution in [0.2, 0.25) is 0 Å². The second-order valence-corrected chi connectivity index (χ2v) is 8.15. The Morgan fingerprint density at radius 2 is 2.03 bits per heavy atom. The summed E-state index contributed by atoms with van der Waals surface area (Å²) in [6.45, 7) is 7.13. The lowest BCUT2D eigenvalue weighted by Gasteiger charge is -2.16. The van der Waals surface area contributed by atoms with Crippen LogP contribution in [0, 0.1) is 6.92 Å². The number of nitrogens with zero attached hydrogens (tertiary/aromatic N) is 3. The molecule has 0 N–H and O–H groups in total. The highest BCUT2D eigenvalue weighted by molar-refractivity contribution is 5.79. The second-order valence-electron chi connectivity index (χ2n) is 8.15. The maximum atomic E-state index is 12.5. The van der Waals surface area contributed by atoms with E-state index in [9.17, 15) is 4.79 Å². The van der Waals surface area contributed by atoms with Gasteiger partial charge in [-0.3, -0.25) is 4.79 Å². The summed E-state index contributed by atoms with van der Waals surface area (Å²) >= 11 is 0. The van der Waals surface area contributed by atoms with Gasteiger partial charge >= 0.3 is 0 Å². The summed E-state index contributed by atoms with van der Waals surface area (Å²) in [5.41, 5.74) is 3.07. The fourth-order valence-electron chi connectivity index (χ4n) is 3.80. The Kier molecular flexibility index (Phi) is 5.93. The number of carbonyl (C=O) groups is 1. The summed E-state index contributed by atoms with van der Waals surface area (Å²) in [6, 6.07) is 13.7. The van der Waals surface area contributed by atoms with Crippen molar-refractivity contribution in [3.05, 3.63) is 59.5 Å². The van der Waals surface area contributed by atoms with Crippen molar-refractivity contribution in [1.29, 1.82) is 0 Å². The Balaban J connectivity index is 1.48. The summed E-state index contributed by atoms with van der Waals surface area (Å²) in [7, 11) is 1.60. The average Bonchev–Trinajstić information content (AvgIpc) is 3.35. The minimum absolute atomic E-state index is 0.0409. The Morgan fingerprint density at radius 1 is 1.19 bits per heavy atom. The lowest BCUT2D eigenvalue weighted by Crippen LogP contribution is -2.24. The second kappa shape index (κ2) is 8.79. The van der Waals surface area contributed by atoms with Crippen molar-refractivity contribution < 1.29 is 18.8 Å². The van der Waals surface area contributed by atoms with E-state index < -0.39 is 0 Å². The Hall–Kier alpha value is -3.35. The predicted molar refractivity (Wildman–Crippen MR) is 116 cm³/mol. The fourth-order valence-corrected chi connectivity index (χ4v) is 3.80. The Morgan fingerprint density at radius 3 is 2.77 bits per heavy atom. The number of rotatable bonds is 7. The highest BCUT2D eigenvalue weighted by Crippen LogP contribution is 2.34. The molecule has 31 heavy (non-hydrogen) atoms. The third-order valence-electron chi connectivity index (χ3n) is 5.25. The van der Waals surface area contributed by atoms with E-state index in [2.05, 4.69) is 29.2 Å². The molecule has 1 fully saturated rings. The smallest absolute Gasteiger partial charge is 0.232 e. The fraction of sp³-hybridized carbons (Fsp3) is 0.375. The molecule has 0 aliphatic carbocycles. The molecule has 7 nitrogen and oxygen atoms in total. The van der Waals surface area contributed by atoms with Crippen molar-refractivity contribution in [1.82, 2.24) is 15.0 Å². The van der Waals surface area contributed by atoms with Gasteiger partial charge in [-0.15, -0.1) is 0 Å². The molecule has 0 bridgehead atoms. The van der Waals surface area contributed by atoms with Gasteiger partial charge in [-0.1, -0.05) is 35.0 Å². The number of aryl methyl sites for hydroxylation is 1. The minimum Gasteiger partial charge on any atom is -0.493 e. The molecule has 4 rings (SSSR count). The molecule has 7 heteroatoms. The lowest BCUT2D eigenvalue weighted by atomic mass is 10.1. The van der Waals surface area contributed by atoms with Crippen LogP contribution in [-0.4, -0.2) is 40.7 Å². The maximum Gasteiger partial charge on any atom is 0.232 e. The monoisotopic (exact) mass is 421 g/mol. The van der Waals surface area contributed by atoms with Crippen LogP contribution in [0.5, 0.6) is 11.5 Å². The quantitative estimate of drug-likeness (QED) is 0.564. The van der Waals surface area contributed by atoms with Gasteiger partial charge in [-0.25, -0.2) is 0 Å². The minimum atomic E-state index is -0.107. The van der Waals surface area contributed by atoms with Gasteiger partial charge in [0.25, 0.3) is 0 Å². The van der Waals surface area contributed by atoms with E-state index in [1.165, 1.54) is 5.56 Å². The molecule has 2 heterocycles. The summed E-state index contributed by atoms with van der Waals surface area (Å²) in [4.78, 5) is 19.0. The summed E-state index contributed by atoms with van der Waals surface area (Å²) in [5, 5.41) is 4.13. The molecule has 1 amide bonds. The first-order valence-corrected chi connectivity index (χ1v) is 10.4. The number of hydrogen-bond donors (Lipinski definition) is 0. The topological polar surface area (TPSA) is 77.7 Å². The molecule has 1 atom stereocenters. The summed E-state index contributed by atoms with van der Waals surface area (Å²) < 4.78 is 16.7. The van der Waals surface area contributed by atoms with Crippen molar-refractivity contribution in [3.63, 3.8) is 0 Å². The van der Waals surface area contributed by atoms with Crippen molar-refractivity contribution in [3.8, 4) is 22.9 Å². The van der Waals surface area contributed by atoms with Gasteiger partial charge in [-0.2, -0.15) is 4.98 Å². The highest BCUT2D eigenvalue weighted by Gasteiger charge is 2.34. The molecule has 0 radical (unpaired) electrons. The van der Waals surface area contributed by atoms with E-state index in [0.29, 0.717) is 42.7 Å². The number of methoxy groups -OCH3 is 1. The first-order chi connectivity index (χ1) is 14.9. The van der Waals surface area contributed by atoms with E-state index in [-0.39, 0.29) is 17.9 Å². The number of amides is 1. The highest BCUT2D eigenvalue weighted by atomic mass is 16.5. The molecular weight excluding hydrogens is 394 g/mol. The van der Waals surface area contributed by atoms with Crippen LogP contribution in [0.4, 0.5) is 0 Å². The van der Waals surface area contributed by atoms with Crippen LogP contribution in [0.15, 0.2) is 47.0 Å². The van der Waals surface area contributed by atoms with Crippen LogP contribution in [0.1, 0.15) is 43.2 Å². The van der Waals surface area contributed by atoms with Gasteiger partial charge in [0.2, 0.25) is 17.6 Å². The van der Waals surface area contributed by atoms with Crippen molar-refractivity contribution >= 4 is 5.91 Å². The third-order valence-corrected chi connectivity index (χ3v) is 5.25. The van der Waals surface area contributed by atoms with Crippen LogP contribution in [-0.2, 0) is 11.3 Å². The normalized spacial score (nSPS) is 16.2. The number of likely N-dealkylation sites (tertiary alicyclic amines) is 1. The van der Waals surface area contributed by atoms with E-state index in [1.54, 1.807) is 7.11 Å². The molecule has 2 aromatic carbocycles. The van der Waals surface area contributed by atoms with Gasteiger partial charge in [0.05, 0.1) is 19.1 Å². The van der Waals surface area contributed by atoms with Gasteiger partial charge in [0, 0.05) is 25.1 Å². The number of aromatic nitrogens is 2. The van der Waals surface area contributed by atoms with Gasteiger partial charge in [0.15, 0.2) is 11.5 Å². The van der Waals surface area contributed by atoms with Crippen LogP contribution in [0.25, 0.3) is 11.4 Å². The molecule has 1 unspecified atom stereocenters.